The van der Waals surface area contributed by atoms with Gasteiger partial charge in [0.05, 0.1) is 12.4 Å². The molecule has 7 nitrogen and oxygen atoms in total. The first-order valence-electron chi connectivity index (χ1n) is 9.90. The van der Waals surface area contributed by atoms with Gasteiger partial charge in [0.25, 0.3) is 5.56 Å². The van der Waals surface area contributed by atoms with Gasteiger partial charge in [0.15, 0.2) is 11.2 Å². The number of hydrogen-bond donors (Lipinski definition) is 0. The van der Waals surface area contributed by atoms with Gasteiger partial charge in [0, 0.05) is 27.2 Å². The highest BCUT2D eigenvalue weighted by molar-refractivity contribution is 5.69. The number of nitrogens with zero attached hydrogens (tertiary/aromatic N) is 5. The number of rotatable bonds is 6. The van der Waals surface area contributed by atoms with E-state index in [1.165, 1.54) is 22.7 Å². The van der Waals surface area contributed by atoms with E-state index in [1.54, 1.807) is 13.4 Å². The lowest BCUT2D eigenvalue weighted by atomic mass is 9.97. The van der Waals surface area contributed by atoms with Gasteiger partial charge in [-0.05, 0) is 18.2 Å². The zero-order valence-electron chi connectivity index (χ0n) is 17.4. The number of benzene rings is 2. The van der Waals surface area contributed by atoms with Crippen LogP contribution >= 0.6 is 0 Å². The molecule has 30 heavy (non-hydrogen) atoms. The normalized spacial score (nSPS) is 11.6. The van der Waals surface area contributed by atoms with Crippen molar-refractivity contribution in [1.29, 1.82) is 0 Å². The molecule has 0 bridgehead atoms. The van der Waals surface area contributed by atoms with E-state index in [4.69, 9.17) is 0 Å². The van der Waals surface area contributed by atoms with Crippen LogP contribution in [0.15, 0.2) is 76.6 Å². The minimum atomic E-state index is -0.372. The van der Waals surface area contributed by atoms with E-state index in [1.807, 2.05) is 41.0 Å². The molecule has 4 rings (SSSR count). The average Bonchev–Trinajstić information content (AvgIpc) is 3.21. The number of aryl methyl sites for hydroxylation is 1. The van der Waals surface area contributed by atoms with E-state index in [0.29, 0.717) is 24.3 Å². The molecule has 2 aromatic heterocycles. The fourth-order valence-electron chi connectivity index (χ4n) is 3.93. The van der Waals surface area contributed by atoms with Crippen LogP contribution < -0.4 is 11.2 Å². The number of aromatic nitrogens is 4. The van der Waals surface area contributed by atoms with Crippen LogP contribution in [0, 0.1) is 0 Å². The van der Waals surface area contributed by atoms with E-state index in [2.05, 4.69) is 41.2 Å². The second kappa shape index (κ2) is 8.12. The van der Waals surface area contributed by atoms with Crippen LogP contribution in [0.25, 0.3) is 11.2 Å². The van der Waals surface area contributed by atoms with E-state index < -0.39 is 0 Å². The van der Waals surface area contributed by atoms with Crippen molar-refractivity contribution in [3.05, 3.63) is 99.0 Å². The zero-order valence-corrected chi connectivity index (χ0v) is 17.4. The van der Waals surface area contributed by atoms with Crippen molar-refractivity contribution < 1.29 is 0 Å². The number of likely N-dealkylation sites (N-methyl/N-ethyl adjacent to an activating group) is 1. The first-order chi connectivity index (χ1) is 14.5. The fraction of sp³-hybridized carbons (Fsp3) is 0.261. The average molecular weight is 403 g/mol. The van der Waals surface area contributed by atoms with Gasteiger partial charge < -0.3 is 4.57 Å². The number of imidazole rings is 1. The first kappa shape index (κ1) is 19.8. The third kappa shape index (κ3) is 3.48. The molecular weight excluding hydrogens is 378 g/mol. The zero-order chi connectivity index (χ0) is 21.3. The summed E-state index contributed by atoms with van der Waals surface area (Å²) in [6.07, 6.45) is 1.64. The number of hydrogen-bond acceptors (Lipinski definition) is 4. The molecule has 0 amide bonds. The summed E-state index contributed by atoms with van der Waals surface area (Å²) in [6, 6.07) is 20.8. The molecule has 0 atom stereocenters. The smallest absolute Gasteiger partial charge is 0.323 e. The fourth-order valence-corrected chi connectivity index (χ4v) is 3.93. The summed E-state index contributed by atoms with van der Waals surface area (Å²) in [5.74, 6) is 0. The van der Waals surface area contributed by atoms with Gasteiger partial charge in [-0.3, -0.25) is 18.8 Å². The third-order valence-electron chi connectivity index (χ3n) is 5.58. The van der Waals surface area contributed by atoms with Crippen molar-refractivity contribution in [3.63, 3.8) is 0 Å². The molecule has 2 aromatic carbocycles. The van der Waals surface area contributed by atoms with Crippen LogP contribution in [-0.2, 0) is 20.6 Å². The Bertz CT molecular complexity index is 1230. The molecule has 0 unspecified atom stereocenters. The minimum absolute atomic E-state index is 0.0920. The first-order valence-corrected chi connectivity index (χ1v) is 9.90. The van der Waals surface area contributed by atoms with Crippen LogP contribution in [0.2, 0.25) is 0 Å². The predicted molar refractivity (Wildman–Crippen MR) is 118 cm³/mol. The van der Waals surface area contributed by atoms with Crippen molar-refractivity contribution in [2.45, 2.75) is 12.6 Å². The van der Waals surface area contributed by atoms with Gasteiger partial charge in [-0.1, -0.05) is 60.7 Å². The van der Waals surface area contributed by atoms with Gasteiger partial charge in [-0.2, -0.15) is 0 Å². The van der Waals surface area contributed by atoms with Crippen LogP contribution in [0.1, 0.15) is 17.2 Å². The molecule has 154 valence electrons. The van der Waals surface area contributed by atoms with Crippen LogP contribution in [0.3, 0.4) is 0 Å². The highest BCUT2D eigenvalue weighted by atomic mass is 16.2. The molecule has 4 aromatic rings. The Morgan fingerprint density at radius 3 is 2.03 bits per heavy atom. The summed E-state index contributed by atoms with van der Waals surface area (Å²) in [5.41, 5.74) is 2.58. The molecule has 0 radical (unpaired) electrons. The Morgan fingerprint density at radius 2 is 1.47 bits per heavy atom. The van der Waals surface area contributed by atoms with E-state index in [0.717, 1.165) is 4.57 Å². The van der Waals surface area contributed by atoms with Gasteiger partial charge >= 0.3 is 5.69 Å². The van der Waals surface area contributed by atoms with Crippen molar-refractivity contribution in [2.24, 2.45) is 14.1 Å². The quantitative estimate of drug-likeness (QED) is 0.495. The van der Waals surface area contributed by atoms with Crippen LogP contribution in [0.4, 0.5) is 0 Å². The maximum absolute atomic E-state index is 12.7. The second-order valence-electron chi connectivity index (χ2n) is 7.52. The molecule has 0 fully saturated rings. The van der Waals surface area contributed by atoms with Crippen LogP contribution in [0.5, 0.6) is 0 Å². The van der Waals surface area contributed by atoms with Gasteiger partial charge in [-0.15, -0.1) is 0 Å². The Labute approximate surface area is 174 Å². The van der Waals surface area contributed by atoms with E-state index in [-0.39, 0.29) is 17.3 Å². The summed E-state index contributed by atoms with van der Waals surface area (Å²) in [5, 5.41) is 0. The van der Waals surface area contributed by atoms with Gasteiger partial charge in [-0.25, -0.2) is 9.78 Å². The van der Waals surface area contributed by atoms with Crippen molar-refractivity contribution in [3.8, 4) is 0 Å². The second-order valence-corrected chi connectivity index (χ2v) is 7.52. The molecule has 0 aliphatic rings. The maximum Gasteiger partial charge on any atom is 0.332 e. The summed E-state index contributed by atoms with van der Waals surface area (Å²) >= 11 is 0. The molecule has 2 heterocycles. The SMILES string of the molecule is CN(CCn1cnc2c1c(=O)n(C)c(=O)n2C)C(c1ccccc1)c1ccccc1. The summed E-state index contributed by atoms with van der Waals surface area (Å²) in [7, 11) is 5.21. The Balaban J connectivity index is 1.66. The van der Waals surface area contributed by atoms with Crippen molar-refractivity contribution in [1.82, 2.24) is 23.6 Å². The topological polar surface area (TPSA) is 65.1 Å². The van der Waals surface area contributed by atoms with Gasteiger partial charge in [0.2, 0.25) is 0 Å². The monoisotopic (exact) mass is 403 g/mol. The molecule has 0 saturated carbocycles. The Morgan fingerprint density at radius 1 is 0.900 bits per heavy atom. The Kier molecular flexibility index (Phi) is 5.37. The van der Waals surface area contributed by atoms with E-state index >= 15 is 0 Å². The standard InChI is InChI=1S/C23H25N5O2/c1-25(19(17-10-6-4-7-11-17)18-12-8-5-9-13-18)14-15-28-16-24-21-20(28)22(29)27(3)23(30)26(21)2/h4-13,16,19H,14-15H2,1-3H3. The molecule has 0 spiro atoms. The summed E-state index contributed by atoms with van der Waals surface area (Å²) < 4.78 is 4.37. The highest BCUT2D eigenvalue weighted by Gasteiger charge is 2.20. The molecular formula is C23H25N5O2. The van der Waals surface area contributed by atoms with Gasteiger partial charge in [0.1, 0.15) is 0 Å². The lowest BCUT2D eigenvalue weighted by Gasteiger charge is -2.29. The molecule has 0 aliphatic carbocycles. The largest absolute Gasteiger partial charge is 0.332 e. The minimum Gasteiger partial charge on any atom is -0.323 e. The van der Waals surface area contributed by atoms with E-state index in [9.17, 15) is 9.59 Å². The summed E-state index contributed by atoms with van der Waals surface area (Å²) in [4.78, 5) is 31.4. The van der Waals surface area contributed by atoms with Crippen molar-refractivity contribution >= 4 is 11.2 Å². The summed E-state index contributed by atoms with van der Waals surface area (Å²) in [6.45, 7) is 1.28. The molecule has 0 aliphatic heterocycles. The number of fused-ring (bicyclic) bond motifs is 1. The Hall–Kier alpha value is -3.45. The predicted octanol–water partition coefficient (Wildman–Crippen LogP) is 2.16. The third-order valence-corrected chi connectivity index (χ3v) is 5.58. The van der Waals surface area contributed by atoms with Crippen LogP contribution in [-0.4, -0.2) is 37.2 Å². The highest BCUT2D eigenvalue weighted by Crippen LogP contribution is 2.27. The lowest BCUT2D eigenvalue weighted by Crippen LogP contribution is -2.38. The molecule has 0 saturated heterocycles. The molecule has 0 N–H and O–H groups in total. The lowest BCUT2D eigenvalue weighted by molar-refractivity contribution is 0.268. The molecule has 7 heteroatoms. The maximum atomic E-state index is 12.7. The van der Waals surface area contributed by atoms with Crippen molar-refractivity contribution in [2.75, 3.05) is 13.6 Å².